The number of esters is 1. The van der Waals surface area contributed by atoms with Crippen LogP contribution in [0.1, 0.15) is 43.0 Å². The van der Waals surface area contributed by atoms with Gasteiger partial charge in [-0.25, -0.2) is 4.79 Å². The van der Waals surface area contributed by atoms with Gasteiger partial charge in [-0.15, -0.1) is 0 Å². The van der Waals surface area contributed by atoms with Crippen LogP contribution in [-0.2, 0) is 4.74 Å². The summed E-state index contributed by atoms with van der Waals surface area (Å²) in [5.74, 6) is -0.308. The number of hydrogen-bond donors (Lipinski definition) is 0. The van der Waals surface area contributed by atoms with E-state index in [0.29, 0.717) is 16.7 Å². The van der Waals surface area contributed by atoms with Gasteiger partial charge in [-0.2, -0.15) is 0 Å². The molecule has 0 saturated heterocycles. The van der Waals surface area contributed by atoms with Crippen molar-refractivity contribution in [3.63, 3.8) is 0 Å². The first kappa shape index (κ1) is 16.0. The molecule has 26 heavy (non-hydrogen) atoms. The molecule has 1 aliphatic carbocycles. The zero-order valence-electron chi connectivity index (χ0n) is 14.2. The molecule has 0 bridgehead atoms. The summed E-state index contributed by atoms with van der Waals surface area (Å²) in [6, 6.07) is 22.5. The zero-order valence-corrected chi connectivity index (χ0v) is 14.2. The van der Waals surface area contributed by atoms with Crippen LogP contribution in [0.3, 0.4) is 0 Å². The summed E-state index contributed by atoms with van der Waals surface area (Å²) in [5, 5.41) is 0. The number of benzene rings is 3. The molecule has 0 aromatic heterocycles. The van der Waals surface area contributed by atoms with Crippen molar-refractivity contribution < 1.29 is 14.3 Å². The van der Waals surface area contributed by atoms with Gasteiger partial charge in [0.1, 0.15) is 0 Å². The van der Waals surface area contributed by atoms with Crippen LogP contribution in [0.2, 0.25) is 0 Å². The van der Waals surface area contributed by atoms with E-state index in [1.54, 1.807) is 12.1 Å². The number of methoxy groups -OCH3 is 1. The molecule has 1 aliphatic rings. The third-order valence-electron chi connectivity index (χ3n) is 4.57. The van der Waals surface area contributed by atoms with Gasteiger partial charge in [-0.1, -0.05) is 60.7 Å². The van der Waals surface area contributed by atoms with Crippen molar-refractivity contribution in [2.24, 2.45) is 0 Å². The molecular formula is C23H16O3. The van der Waals surface area contributed by atoms with Crippen LogP contribution in [0.4, 0.5) is 0 Å². The Bertz CT molecular complexity index is 992. The maximum atomic E-state index is 12.8. The van der Waals surface area contributed by atoms with Gasteiger partial charge in [0.05, 0.1) is 12.7 Å². The van der Waals surface area contributed by atoms with Crippen LogP contribution < -0.4 is 0 Å². The Morgan fingerprint density at radius 3 is 1.77 bits per heavy atom. The summed E-state index contributed by atoms with van der Waals surface area (Å²) in [4.78, 5) is 24.4. The van der Waals surface area contributed by atoms with Crippen LogP contribution in [0.25, 0.3) is 11.6 Å². The Hall–Kier alpha value is -3.46. The number of hydrogen-bond acceptors (Lipinski definition) is 3. The van der Waals surface area contributed by atoms with Gasteiger partial charge in [-0.3, -0.25) is 4.79 Å². The van der Waals surface area contributed by atoms with Crippen molar-refractivity contribution in [2.45, 2.75) is 0 Å². The maximum absolute atomic E-state index is 12.8. The normalized spacial score (nSPS) is 12.2. The standard InChI is InChI=1S/C23H16O3/c1-26-23(25)16-12-10-15(11-13-16)14-21-17-6-2-4-8-19(17)22(24)20-9-5-3-7-18(20)21/h2-14H,1H3. The first-order valence-electron chi connectivity index (χ1n) is 8.32. The number of ether oxygens (including phenoxy) is 1. The highest BCUT2D eigenvalue weighted by molar-refractivity contribution is 6.20. The summed E-state index contributed by atoms with van der Waals surface area (Å²) in [5.41, 5.74) is 5.73. The molecule has 0 amide bonds. The number of fused-ring (bicyclic) bond motifs is 2. The van der Waals surface area contributed by atoms with Gasteiger partial charge in [0.15, 0.2) is 5.78 Å². The van der Waals surface area contributed by atoms with Gasteiger partial charge in [0.25, 0.3) is 0 Å². The zero-order chi connectivity index (χ0) is 18.1. The highest BCUT2D eigenvalue weighted by Gasteiger charge is 2.26. The third-order valence-corrected chi connectivity index (χ3v) is 4.57. The Labute approximate surface area is 151 Å². The largest absolute Gasteiger partial charge is 0.465 e. The predicted molar refractivity (Wildman–Crippen MR) is 101 cm³/mol. The lowest BCUT2D eigenvalue weighted by molar-refractivity contribution is 0.0600. The summed E-state index contributed by atoms with van der Waals surface area (Å²) in [6.45, 7) is 0. The third kappa shape index (κ3) is 2.64. The molecule has 0 N–H and O–H groups in total. The highest BCUT2D eigenvalue weighted by Crippen LogP contribution is 2.36. The molecule has 3 heteroatoms. The van der Waals surface area contributed by atoms with E-state index in [4.69, 9.17) is 4.74 Å². The second kappa shape index (κ2) is 6.45. The molecule has 0 aliphatic heterocycles. The van der Waals surface area contributed by atoms with Gasteiger partial charge in [-0.05, 0) is 40.5 Å². The van der Waals surface area contributed by atoms with E-state index in [-0.39, 0.29) is 11.8 Å². The monoisotopic (exact) mass is 340 g/mol. The molecule has 0 spiro atoms. The second-order valence-electron chi connectivity index (χ2n) is 6.09. The van der Waals surface area contributed by atoms with Gasteiger partial charge in [0, 0.05) is 11.1 Å². The first-order chi connectivity index (χ1) is 12.7. The second-order valence-corrected chi connectivity index (χ2v) is 6.09. The molecule has 0 fully saturated rings. The first-order valence-corrected chi connectivity index (χ1v) is 8.32. The molecule has 3 aromatic carbocycles. The molecule has 0 atom stereocenters. The van der Waals surface area contributed by atoms with E-state index in [9.17, 15) is 9.59 Å². The maximum Gasteiger partial charge on any atom is 0.337 e. The van der Waals surface area contributed by atoms with Crippen LogP contribution >= 0.6 is 0 Å². The molecule has 126 valence electrons. The molecule has 0 saturated carbocycles. The fourth-order valence-electron chi connectivity index (χ4n) is 3.28. The van der Waals surface area contributed by atoms with E-state index in [0.717, 1.165) is 22.3 Å². The minimum Gasteiger partial charge on any atom is -0.465 e. The van der Waals surface area contributed by atoms with Crippen LogP contribution in [0.15, 0.2) is 72.8 Å². The van der Waals surface area contributed by atoms with E-state index >= 15 is 0 Å². The smallest absolute Gasteiger partial charge is 0.337 e. The van der Waals surface area contributed by atoms with E-state index in [1.165, 1.54) is 7.11 Å². The molecule has 0 unspecified atom stereocenters. The average Bonchev–Trinajstić information content (AvgIpc) is 2.71. The van der Waals surface area contributed by atoms with Crippen molar-refractivity contribution >= 4 is 23.4 Å². The lowest BCUT2D eigenvalue weighted by Gasteiger charge is -2.21. The Kier molecular flexibility index (Phi) is 3.98. The van der Waals surface area contributed by atoms with Crippen molar-refractivity contribution in [1.29, 1.82) is 0 Å². The van der Waals surface area contributed by atoms with E-state index in [2.05, 4.69) is 0 Å². The van der Waals surface area contributed by atoms with Gasteiger partial charge < -0.3 is 4.74 Å². The number of carbonyl (C=O) groups excluding carboxylic acids is 2. The minimum atomic E-state index is -0.358. The van der Waals surface area contributed by atoms with Crippen molar-refractivity contribution in [1.82, 2.24) is 0 Å². The molecule has 3 aromatic rings. The number of carbonyl (C=O) groups is 2. The number of rotatable bonds is 2. The molecule has 0 radical (unpaired) electrons. The van der Waals surface area contributed by atoms with Gasteiger partial charge in [0.2, 0.25) is 0 Å². The fourth-order valence-corrected chi connectivity index (χ4v) is 3.28. The molecule has 0 heterocycles. The Balaban J connectivity index is 1.86. The lowest BCUT2D eigenvalue weighted by Crippen LogP contribution is -2.14. The summed E-state index contributed by atoms with van der Waals surface area (Å²) >= 11 is 0. The molecule has 4 rings (SSSR count). The average molecular weight is 340 g/mol. The minimum absolute atomic E-state index is 0.0504. The molecule has 3 nitrogen and oxygen atoms in total. The Morgan fingerprint density at radius 2 is 1.27 bits per heavy atom. The van der Waals surface area contributed by atoms with E-state index in [1.807, 2.05) is 66.7 Å². The highest BCUT2D eigenvalue weighted by atomic mass is 16.5. The number of ketones is 1. The Morgan fingerprint density at radius 1 is 0.769 bits per heavy atom. The van der Waals surface area contributed by atoms with Crippen LogP contribution in [-0.4, -0.2) is 18.9 Å². The summed E-state index contributed by atoms with van der Waals surface area (Å²) < 4.78 is 4.74. The quantitative estimate of drug-likeness (QED) is 0.501. The van der Waals surface area contributed by atoms with Crippen LogP contribution in [0.5, 0.6) is 0 Å². The topological polar surface area (TPSA) is 43.4 Å². The molecular weight excluding hydrogens is 324 g/mol. The van der Waals surface area contributed by atoms with Crippen molar-refractivity contribution in [3.8, 4) is 0 Å². The predicted octanol–water partition coefficient (Wildman–Crippen LogP) is 4.61. The van der Waals surface area contributed by atoms with Crippen LogP contribution in [0, 0.1) is 0 Å². The SMILES string of the molecule is COC(=O)c1ccc(C=C2c3ccccc3C(=O)c3ccccc32)cc1. The van der Waals surface area contributed by atoms with Crippen molar-refractivity contribution in [3.05, 3.63) is 106 Å². The van der Waals surface area contributed by atoms with E-state index < -0.39 is 0 Å². The summed E-state index contributed by atoms with van der Waals surface area (Å²) in [7, 11) is 1.37. The lowest BCUT2D eigenvalue weighted by atomic mass is 9.80. The van der Waals surface area contributed by atoms with Crippen molar-refractivity contribution in [2.75, 3.05) is 7.11 Å². The summed E-state index contributed by atoms with van der Waals surface area (Å²) in [6.07, 6.45) is 2.05. The van der Waals surface area contributed by atoms with Gasteiger partial charge >= 0.3 is 5.97 Å². The fraction of sp³-hybridized carbons (Fsp3) is 0.0435.